The number of hydrogen-bond acceptors (Lipinski definition) is 5. The van der Waals surface area contributed by atoms with Gasteiger partial charge in [-0.15, -0.1) is 0 Å². The molecule has 1 aromatic rings. The lowest BCUT2D eigenvalue weighted by Gasteiger charge is -2.17. The normalized spacial score (nSPS) is 18.0. The van der Waals surface area contributed by atoms with E-state index in [0.717, 1.165) is 4.90 Å². The lowest BCUT2D eigenvalue weighted by molar-refractivity contribution is -0.135. The molecule has 1 N–H and O–H groups in total. The van der Waals surface area contributed by atoms with E-state index >= 15 is 0 Å². The van der Waals surface area contributed by atoms with E-state index in [1.165, 1.54) is 11.2 Å². The first-order chi connectivity index (χ1) is 10.0. The molecule has 1 aliphatic rings. The summed E-state index contributed by atoms with van der Waals surface area (Å²) < 4.78 is 4.69. The first kappa shape index (κ1) is 15.0. The molecule has 0 spiro atoms. The predicted molar refractivity (Wildman–Crippen MR) is 71.9 cm³/mol. The fourth-order valence-electron chi connectivity index (χ4n) is 2.13. The summed E-state index contributed by atoms with van der Waals surface area (Å²) in [7, 11) is 1.61. The Kier molecular flexibility index (Phi) is 4.56. The molecule has 0 radical (unpaired) electrons. The molecule has 0 aromatic carbocycles. The van der Waals surface area contributed by atoms with Crippen molar-refractivity contribution in [2.45, 2.75) is 32.4 Å². The second-order valence-electron chi connectivity index (χ2n) is 4.94. The van der Waals surface area contributed by atoms with Gasteiger partial charge in [0.2, 0.25) is 5.91 Å². The lowest BCUT2D eigenvalue weighted by atomic mass is 10.2. The summed E-state index contributed by atoms with van der Waals surface area (Å²) in [5.74, 6) is -0.583. The van der Waals surface area contributed by atoms with Crippen molar-refractivity contribution in [1.29, 1.82) is 0 Å². The number of carbonyl (C=O) groups excluding carboxylic acids is 3. The van der Waals surface area contributed by atoms with Crippen LogP contribution in [-0.2, 0) is 16.1 Å². The van der Waals surface area contributed by atoms with Gasteiger partial charge in [0.25, 0.3) is 5.91 Å². The average Bonchev–Trinajstić information content (AvgIpc) is 3.03. The van der Waals surface area contributed by atoms with Crippen LogP contribution in [0.2, 0.25) is 0 Å². The molecule has 2 heterocycles. The monoisotopic (exact) mass is 294 g/mol. The SMILES string of the molecule is CCCN1C(=O)N[C@@H](CC(=O)N(C)Cc2ccon2)C1=O. The van der Waals surface area contributed by atoms with Gasteiger partial charge >= 0.3 is 6.03 Å². The molecule has 2 rings (SSSR count). The van der Waals surface area contributed by atoms with E-state index in [2.05, 4.69) is 10.5 Å². The van der Waals surface area contributed by atoms with Crippen LogP contribution in [0, 0.1) is 0 Å². The largest absolute Gasteiger partial charge is 0.364 e. The molecular formula is C13H18N4O4. The van der Waals surface area contributed by atoms with Crippen molar-refractivity contribution >= 4 is 17.8 Å². The Hall–Kier alpha value is -2.38. The first-order valence-electron chi connectivity index (χ1n) is 6.78. The minimum absolute atomic E-state index is 0.0564. The molecule has 1 fully saturated rings. The van der Waals surface area contributed by atoms with Crippen LogP contribution in [0.1, 0.15) is 25.5 Å². The van der Waals surface area contributed by atoms with Crippen molar-refractivity contribution < 1.29 is 18.9 Å². The summed E-state index contributed by atoms with van der Waals surface area (Å²) in [6.45, 7) is 2.54. The Morgan fingerprint density at radius 2 is 2.29 bits per heavy atom. The maximum Gasteiger partial charge on any atom is 0.324 e. The Bertz CT molecular complexity index is 528. The second-order valence-corrected chi connectivity index (χ2v) is 4.94. The molecule has 8 heteroatoms. The summed E-state index contributed by atoms with van der Waals surface area (Å²) in [5, 5.41) is 6.26. The predicted octanol–water partition coefficient (Wildman–Crippen LogP) is 0.353. The van der Waals surface area contributed by atoms with E-state index in [9.17, 15) is 14.4 Å². The van der Waals surface area contributed by atoms with Crippen LogP contribution in [0.3, 0.4) is 0 Å². The Morgan fingerprint density at radius 1 is 1.52 bits per heavy atom. The minimum Gasteiger partial charge on any atom is -0.364 e. The molecule has 4 amide bonds. The maximum atomic E-state index is 12.1. The zero-order valence-electron chi connectivity index (χ0n) is 12.0. The third kappa shape index (κ3) is 3.39. The van der Waals surface area contributed by atoms with Crippen LogP contribution in [0.15, 0.2) is 16.9 Å². The van der Waals surface area contributed by atoms with Gasteiger partial charge in [0.05, 0.1) is 13.0 Å². The molecular weight excluding hydrogens is 276 g/mol. The van der Waals surface area contributed by atoms with Crippen LogP contribution in [0.5, 0.6) is 0 Å². The van der Waals surface area contributed by atoms with Crippen LogP contribution >= 0.6 is 0 Å². The van der Waals surface area contributed by atoms with Crippen LogP contribution < -0.4 is 5.32 Å². The van der Waals surface area contributed by atoms with E-state index in [-0.39, 0.29) is 18.2 Å². The number of nitrogens with zero attached hydrogens (tertiary/aromatic N) is 3. The van der Waals surface area contributed by atoms with Gasteiger partial charge in [-0.3, -0.25) is 14.5 Å². The highest BCUT2D eigenvalue weighted by Gasteiger charge is 2.38. The van der Waals surface area contributed by atoms with Gasteiger partial charge in [-0.05, 0) is 6.42 Å². The minimum atomic E-state index is -0.781. The number of aromatic nitrogens is 1. The van der Waals surface area contributed by atoms with Gasteiger partial charge in [0.15, 0.2) is 0 Å². The number of carbonyl (C=O) groups is 3. The molecule has 8 nitrogen and oxygen atoms in total. The number of amides is 4. The van der Waals surface area contributed by atoms with E-state index in [0.29, 0.717) is 25.2 Å². The van der Waals surface area contributed by atoms with Crippen LogP contribution in [-0.4, -0.2) is 52.4 Å². The molecule has 0 bridgehead atoms. The van der Waals surface area contributed by atoms with Crippen molar-refractivity contribution in [2.75, 3.05) is 13.6 Å². The van der Waals surface area contributed by atoms with Gasteiger partial charge in [-0.2, -0.15) is 0 Å². The molecule has 1 atom stereocenters. The number of rotatable bonds is 6. The number of imide groups is 1. The van der Waals surface area contributed by atoms with E-state index in [1.807, 2.05) is 6.92 Å². The van der Waals surface area contributed by atoms with Gasteiger partial charge < -0.3 is 14.7 Å². The lowest BCUT2D eigenvalue weighted by Crippen LogP contribution is -2.37. The van der Waals surface area contributed by atoms with Gasteiger partial charge in [-0.1, -0.05) is 12.1 Å². The summed E-state index contributed by atoms with van der Waals surface area (Å²) in [4.78, 5) is 38.3. The van der Waals surface area contributed by atoms with Crippen LogP contribution in [0.4, 0.5) is 4.79 Å². The molecule has 1 aromatic heterocycles. The Labute approximate surface area is 122 Å². The highest BCUT2D eigenvalue weighted by atomic mass is 16.5. The molecule has 114 valence electrons. The van der Waals surface area contributed by atoms with Crippen molar-refractivity contribution in [3.63, 3.8) is 0 Å². The van der Waals surface area contributed by atoms with E-state index < -0.39 is 12.1 Å². The van der Waals surface area contributed by atoms with Crippen molar-refractivity contribution in [2.24, 2.45) is 0 Å². The molecule has 21 heavy (non-hydrogen) atoms. The fraction of sp³-hybridized carbons (Fsp3) is 0.538. The molecule has 0 saturated carbocycles. The van der Waals surface area contributed by atoms with E-state index in [4.69, 9.17) is 4.52 Å². The Morgan fingerprint density at radius 3 is 2.90 bits per heavy atom. The second kappa shape index (κ2) is 6.38. The zero-order valence-corrected chi connectivity index (χ0v) is 12.0. The van der Waals surface area contributed by atoms with Gasteiger partial charge in [0, 0.05) is 19.7 Å². The van der Waals surface area contributed by atoms with Gasteiger partial charge in [-0.25, -0.2) is 4.79 Å². The third-order valence-corrected chi connectivity index (χ3v) is 3.25. The number of nitrogens with one attached hydrogen (secondary N) is 1. The van der Waals surface area contributed by atoms with E-state index in [1.54, 1.807) is 13.1 Å². The van der Waals surface area contributed by atoms with Crippen molar-refractivity contribution in [3.05, 3.63) is 18.0 Å². The summed E-state index contributed by atoms with van der Waals surface area (Å²) >= 11 is 0. The standard InChI is InChI=1S/C13H18N4O4/c1-3-5-17-12(19)10(14-13(17)20)7-11(18)16(2)8-9-4-6-21-15-9/h4,6,10H,3,5,7-8H2,1-2H3,(H,14,20)/t10-/m0/s1. The topological polar surface area (TPSA) is 95.8 Å². The van der Waals surface area contributed by atoms with Crippen LogP contribution in [0.25, 0.3) is 0 Å². The quantitative estimate of drug-likeness (QED) is 0.764. The van der Waals surface area contributed by atoms with Gasteiger partial charge in [0.1, 0.15) is 18.0 Å². The Balaban J connectivity index is 1.90. The first-order valence-corrected chi connectivity index (χ1v) is 6.78. The molecule has 1 saturated heterocycles. The van der Waals surface area contributed by atoms with Crippen molar-refractivity contribution in [3.8, 4) is 0 Å². The highest BCUT2D eigenvalue weighted by molar-refractivity contribution is 6.05. The molecule has 1 aliphatic heterocycles. The zero-order chi connectivity index (χ0) is 15.4. The highest BCUT2D eigenvalue weighted by Crippen LogP contribution is 2.12. The van der Waals surface area contributed by atoms with Crippen molar-refractivity contribution in [1.82, 2.24) is 20.3 Å². The smallest absolute Gasteiger partial charge is 0.324 e. The molecule has 0 unspecified atom stereocenters. The average molecular weight is 294 g/mol. The fourth-order valence-corrected chi connectivity index (χ4v) is 2.13. The summed E-state index contributed by atoms with van der Waals surface area (Å²) in [6.07, 6.45) is 2.06. The maximum absolute atomic E-state index is 12.1. The number of urea groups is 1. The third-order valence-electron chi connectivity index (χ3n) is 3.25. The molecule has 0 aliphatic carbocycles. The number of hydrogen-bond donors (Lipinski definition) is 1. The summed E-state index contributed by atoms with van der Waals surface area (Å²) in [5.41, 5.74) is 0.625. The summed E-state index contributed by atoms with van der Waals surface area (Å²) in [6, 6.07) is 0.449.